The van der Waals surface area contributed by atoms with Gasteiger partial charge in [0.05, 0.1) is 11.3 Å². The summed E-state index contributed by atoms with van der Waals surface area (Å²) in [6.07, 6.45) is 1.70. The standard InChI is InChI=1S/C22H31F2N5O3S3/c1-2-33-13-10-26-9-4-14-35(31,32)29-11-7-15(8-12-29)27-22-28-21(25)20(34-22)19(30)18-16(23)5-3-6-17(18)24/h3,5-6,15,26H,2,4,7-14,25H2,1H3,(H,27,28). The lowest BCUT2D eigenvalue weighted by molar-refractivity contribution is 0.103. The normalized spacial score (nSPS) is 15.4. The first-order valence-electron chi connectivity index (χ1n) is 11.5. The van der Waals surface area contributed by atoms with Crippen molar-refractivity contribution < 1.29 is 22.0 Å². The first kappa shape index (κ1) is 27.8. The lowest BCUT2D eigenvalue weighted by Crippen LogP contribution is -2.43. The molecule has 1 saturated heterocycles. The number of halogens is 2. The molecule has 2 aromatic rings. The predicted molar refractivity (Wildman–Crippen MR) is 139 cm³/mol. The molecule has 0 unspecified atom stereocenters. The lowest BCUT2D eigenvalue weighted by atomic mass is 10.1. The molecule has 0 amide bonds. The number of benzene rings is 1. The van der Waals surface area contributed by atoms with Crippen LogP contribution in [0.25, 0.3) is 0 Å². The number of ketones is 1. The first-order valence-corrected chi connectivity index (χ1v) is 15.1. The van der Waals surface area contributed by atoms with Gasteiger partial charge in [-0.2, -0.15) is 11.8 Å². The summed E-state index contributed by atoms with van der Waals surface area (Å²) in [7, 11) is -3.32. The van der Waals surface area contributed by atoms with Gasteiger partial charge in [-0.3, -0.25) is 4.79 Å². The third kappa shape index (κ3) is 7.59. The van der Waals surface area contributed by atoms with E-state index in [-0.39, 0.29) is 22.5 Å². The van der Waals surface area contributed by atoms with Gasteiger partial charge in [-0.15, -0.1) is 0 Å². The van der Waals surface area contributed by atoms with Crippen LogP contribution in [0.4, 0.5) is 19.7 Å². The number of sulfonamides is 1. The number of nitrogen functional groups attached to an aromatic ring is 1. The van der Waals surface area contributed by atoms with Crippen molar-refractivity contribution in [3.63, 3.8) is 0 Å². The molecule has 0 radical (unpaired) electrons. The number of nitrogens with one attached hydrogen (secondary N) is 2. The van der Waals surface area contributed by atoms with Gasteiger partial charge in [0, 0.05) is 31.4 Å². The second-order valence-corrected chi connectivity index (χ2v) is 12.6. The van der Waals surface area contributed by atoms with Crippen LogP contribution in [0.1, 0.15) is 41.4 Å². The van der Waals surface area contributed by atoms with Crippen molar-refractivity contribution in [2.75, 3.05) is 54.5 Å². The number of thioether (sulfide) groups is 1. The summed E-state index contributed by atoms with van der Waals surface area (Å²) in [5.74, 6) is -0.682. The van der Waals surface area contributed by atoms with Gasteiger partial charge < -0.3 is 16.4 Å². The molecule has 1 aliphatic heterocycles. The van der Waals surface area contributed by atoms with Gasteiger partial charge in [0.1, 0.15) is 22.3 Å². The van der Waals surface area contributed by atoms with E-state index in [4.69, 9.17) is 5.73 Å². The Bertz CT molecular complexity index is 1090. The fourth-order valence-corrected chi connectivity index (χ4v) is 6.78. The molecular weight excluding hydrogens is 516 g/mol. The Kier molecular flexibility index (Phi) is 10.3. The van der Waals surface area contributed by atoms with Crippen molar-refractivity contribution in [3.05, 3.63) is 40.3 Å². The zero-order valence-corrected chi connectivity index (χ0v) is 22.0. The molecule has 35 heavy (non-hydrogen) atoms. The van der Waals surface area contributed by atoms with Gasteiger partial charge >= 0.3 is 0 Å². The zero-order valence-electron chi connectivity index (χ0n) is 19.6. The van der Waals surface area contributed by atoms with Crippen LogP contribution in [-0.4, -0.2) is 73.0 Å². The maximum atomic E-state index is 14.0. The summed E-state index contributed by atoms with van der Waals surface area (Å²) in [5, 5.41) is 6.80. The molecule has 0 spiro atoms. The minimum atomic E-state index is -3.32. The second-order valence-electron chi connectivity index (χ2n) is 8.09. The van der Waals surface area contributed by atoms with E-state index in [0.29, 0.717) is 44.0 Å². The molecule has 1 fully saturated rings. The minimum Gasteiger partial charge on any atom is -0.382 e. The molecule has 194 valence electrons. The maximum absolute atomic E-state index is 14.0. The molecular formula is C22H31F2N5O3S3. The summed E-state index contributed by atoms with van der Waals surface area (Å²) >= 11 is 2.78. The highest BCUT2D eigenvalue weighted by atomic mass is 32.2. The molecule has 0 aliphatic carbocycles. The molecule has 13 heteroatoms. The number of anilines is 2. The topological polar surface area (TPSA) is 117 Å². The van der Waals surface area contributed by atoms with Gasteiger partial charge in [0.2, 0.25) is 15.8 Å². The predicted octanol–water partition coefficient (Wildman–Crippen LogP) is 3.17. The van der Waals surface area contributed by atoms with Gasteiger partial charge in [0.25, 0.3) is 0 Å². The lowest BCUT2D eigenvalue weighted by Gasteiger charge is -2.31. The molecule has 1 aromatic heterocycles. The van der Waals surface area contributed by atoms with E-state index in [0.717, 1.165) is 41.5 Å². The number of thiazole rings is 1. The fraction of sp³-hybridized carbons (Fsp3) is 0.545. The third-order valence-electron chi connectivity index (χ3n) is 5.61. The van der Waals surface area contributed by atoms with Crippen molar-refractivity contribution in [3.8, 4) is 0 Å². The Morgan fingerprint density at radius 3 is 2.60 bits per heavy atom. The summed E-state index contributed by atoms with van der Waals surface area (Å²) in [4.78, 5) is 16.7. The number of carbonyl (C=O) groups excluding carboxylic acids is 1. The van der Waals surface area contributed by atoms with Crippen LogP contribution in [-0.2, 0) is 10.0 Å². The van der Waals surface area contributed by atoms with E-state index in [2.05, 4.69) is 22.5 Å². The quantitative estimate of drug-likeness (QED) is 0.259. The van der Waals surface area contributed by atoms with Gasteiger partial charge in [-0.05, 0) is 43.7 Å². The van der Waals surface area contributed by atoms with Crippen LogP contribution < -0.4 is 16.4 Å². The Hall–Kier alpha value is -1.80. The summed E-state index contributed by atoms with van der Waals surface area (Å²) in [6.45, 7) is 4.42. The Morgan fingerprint density at radius 2 is 1.94 bits per heavy atom. The van der Waals surface area contributed by atoms with Gasteiger partial charge in [-0.25, -0.2) is 26.5 Å². The number of nitrogens with two attached hydrogens (primary N) is 1. The highest BCUT2D eigenvalue weighted by Gasteiger charge is 2.29. The first-order chi connectivity index (χ1) is 16.7. The zero-order chi connectivity index (χ0) is 25.4. The largest absolute Gasteiger partial charge is 0.382 e. The van der Waals surface area contributed by atoms with Crippen LogP contribution >= 0.6 is 23.1 Å². The molecule has 1 aliphatic rings. The smallest absolute Gasteiger partial charge is 0.214 e. The number of carbonyl (C=O) groups is 1. The summed E-state index contributed by atoms with van der Waals surface area (Å²) in [6, 6.07) is 3.15. The third-order valence-corrected chi connectivity index (χ3v) is 9.47. The molecule has 4 N–H and O–H groups in total. The molecule has 1 aromatic carbocycles. The minimum absolute atomic E-state index is 0.0431. The Labute approximate surface area is 213 Å². The van der Waals surface area contributed by atoms with Crippen molar-refractivity contribution in [2.45, 2.75) is 32.2 Å². The van der Waals surface area contributed by atoms with Crippen LogP contribution in [0.5, 0.6) is 0 Å². The van der Waals surface area contributed by atoms with E-state index >= 15 is 0 Å². The average Bonchev–Trinajstić information content (AvgIpc) is 3.18. The number of piperidine rings is 1. The van der Waals surface area contributed by atoms with E-state index in [1.165, 1.54) is 10.4 Å². The number of hydrogen-bond acceptors (Lipinski definition) is 9. The highest BCUT2D eigenvalue weighted by Crippen LogP contribution is 2.30. The van der Waals surface area contributed by atoms with Crippen LogP contribution in [0.15, 0.2) is 18.2 Å². The fourth-order valence-electron chi connectivity index (χ4n) is 3.76. The molecule has 8 nitrogen and oxygen atoms in total. The van der Waals surface area contributed by atoms with E-state index in [1.54, 1.807) is 0 Å². The molecule has 0 bridgehead atoms. The number of nitrogens with zero attached hydrogens (tertiary/aromatic N) is 2. The number of rotatable bonds is 13. The SMILES string of the molecule is CCSCCNCCCS(=O)(=O)N1CCC(Nc2nc(N)c(C(=O)c3c(F)cccc3F)s2)CC1. The van der Waals surface area contributed by atoms with Crippen molar-refractivity contribution >= 4 is 49.9 Å². The van der Waals surface area contributed by atoms with Crippen molar-refractivity contribution in [2.24, 2.45) is 0 Å². The van der Waals surface area contributed by atoms with Gasteiger partial charge in [-0.1, -0.05) is 24.3 Å². The molecule has 0 saturated carbocycles. The molecule has 0 atom stereocenters. The average molecular weight is 548 g/mol. The second kappa shape index (κ2) is 12.9. The van der Waals surface area contributed by atoms with Crippen LogP contribution in [0.3, 0.4) is 0 Å². The monoisotopic (exact) mass is 547 g/mol. The molecule has 3 rings (SSSR count). The van der Waals surface area contributed by atoms with E-state index in [9.17, 15) is 22.0 Å². The van der Waals surface area contributed by atoms with Crippen LogP contribution in [0.2, 0.25) is 0 Å². The number of hydrogen-bond donors (Lipinski definition) is 3. The maximum Gasteiger partial charge on any atom is 0.214 e. The van der Waals surface area contributed by atoms with E-state index in [1.807, 2.05) is 11.8 Å². The Balaban J connectivity index is 1.49. The number of aromatic nitrogens is 1. The van der Waals surface area contributed by atoms with Gasteiger partial charge in [0.15, 0.2) is 5.13 Å². The van der Waals surface area contributed by atoms with Crippen molar-refractivity contribution in [1.82, 2.24) is 14.6 Å². The Morgan fingerprint density at radius 1 is 1.26 bits per heavy atom. The van der Waals surface area contributed by atoms with Crippen LogP contribution in [0, 0.1) is 11.6 Å². The summed E-state index contributed by atoms with van der Waals surface area (Å²) in [5.41, 5.74) is 5.19. The molecule has 2 heterocycles. The van der Waals surface area contributed by atoms with E-state index < -0.39 is 33.0 Å². The highest BCUT2D eigenvalue weighted by molar-refractivity contribution is 7.99. The van der Waals surface area contributed by atoms with Crippen molar-refractivity contribution in [1.29, 1.82) is 0 Å². The summed E-state index contributed by atoms with van der Waals surface area (Å²) < 4.78 is 54.8.